The number of phenols is 1. The normalized spacial score (nSPS) is 12.9. The van der Waals surface area contributed by atoms with Crippen LogP contribution in [0.1, 0.15) is 18.1 Å². The van der Waals surface area contributed by atoms with Crippen LogP contribution in [0, 0.1) is 0 Å². The van der Waals surface area contributed by atoms with E-state index in [1.54, 1.807) is 18.0 Å². The summed E-state index contributed by atoms with van der Waals surface area (Å²) in [4.78, 5) is 26.0. The Labute approximate surface area is 172 Å². The van der Waals surface area contributed by atoms with Crippen molar-refractivity contribution >= 4 is 34.4 Å². The Hall–Kier alpha value is -2.91. The third-order valence-corrected chi connectivity index (χ3v) is 5.70. The molecule has 2 heterocycles. The number of nitrogens with two attached hydrogens (primary N) is 1. The molecule has 1 aromatic heterocycles. The fourth-order valence-corrected chi connectivity index (χ4v) is 4.21. The molecule has 150 valence electrons. The Kier molecular flexibility index (Phi) is 5.25. The van der Waals surface area contributed by atoms with Crippen molar-refractivity contribution in [2.24, 2.45) is 0 Å². The van der Waals surface area contributed by atoms with Gasteiger partial charge >= 0.3 is 0 Å². The molecule has 0 saturated carbocycles. The molecule has 0 radical (unpaired) electrons. The summed E-state index contributed by atoms with van der Waals surface area (Å²) in [6.45, 7) is 3.06. The third kappa shape index (κ3) is 3.83. The number of nitrogen functional groups attached to an aromatic ring is 1. The van der Waals surface area contributed by atoms with Crippen molar-refractivity contribution in [2.75, 3.05) is 25.1 Å². The summed E-state index contributed by atoms with van der Waals surface area (Å²) >= 11 is 1.38. The molecule has 0 atom stereocenters. The third-order valence-electron chi connectivity index (χ3n) is 4.87. The van der Waals surface area contributed by atoms with Crippen LogP contribution in [0.5, 0.6) is 5.75 Å². The lowest BCUT2D eigenvalue weighted by Gasteiger charge is -2.20. The van der Waals surface area contributed by atoms with E-state index in [1.165, 1.54) is 18.7 Å². The van der Waals surface area contributed by atoms with E-state index in [4.69, 9.17) is 10.5 Å². The van der Waals surface area contributed by atoms with Crippen molar-refractivity contribution < 1.29 is 14.6 Å². The number of aromatic hydroxyl groups is 1. The standard InChI is InChI=1S/C20H21N5O3S/c1-11(26)25(2)6-7-29-20-23-18(22-19(21)24-20)17-14-5-3-4-12-9-28-10-13(16(12)14)8-15(17)27/h3-5,8,27H,6-7,9-10H2,1-2H3,(H2,21,22,23,24). The fraction of sp³-hybridized carbons (Fsp3) is 0.300. The van der Waals surface area contributed by atoms with Gasteiger partial charge in [-0.15, -0.1) is 0 Å². The minimum atomic E-state index is -0.000782. The highest BCUT2D eigenvalue weighted by Gasteiger charge is 2.21. The number of thioether (sulfide) groups is 1. The van der Waals surface area contributed by atoms with E-state index >= 15 is 0 Å². The molecule has 4 rings (SSSR count). The Morgan fingerprint density at radius 2 is 2.07 bits per heavy atom. The SMILES string of the molecule is CC(=O)N(C)CCSc1nc(N)nc(-c2c(O)cc3c4c(cccc24)COC3)n1. The zero-order chi connectivity index (χ0) is 20.5. The van der Waals surface area contributed by atoms with Crippen LogP contribution in [0.25, 0.3) is 22.2 Å². The first-order valence-electron chi connectivity index (χ1n) is 9.14. The number of nitrogens with zero attached hydrogens (tertiary/aromatic N) is 4. The molecular formula is C20H21N5O3S. The smallest absolute Gasteiger partial charge is 0.224 e. The number of anilines is 1. The molecule has 0 aliphatic carbocycles. The highest BCUT2D eigenvalue weighted by molar-refractivity contribution is 7.99. The van der Waals surface area contributed by atoms with Gasteiger partial charge in [0, 0.05) is 26.3 Å². The highest BCUT2D eigenvalue weighted by atomic mass is 32.2. The summed E-state index contributed by atoms with van der Waals surface area (Å²) in [7, 11) is 1.74. The van der Waals surface area contributed by atoms with Crippen LogP contribution in [0.2, 0.25) is 0 Å². The van der Waals surface area contributed by atoms with Gasteiger partial charge in [0.15, 0.2) is 11.0 Å². The van der Waals surface area contributed by atoms with Gasteiger partial charge in [-0.25, -0.2) is 4.98 Å². The first-order valence-corrected chi connectivity index (χ1v) is 10.1. The van der Waals surface area contributed by atoms with Crippen LogP contribution < -0.4 is 5.73 Å². The van der Waals surface area contributed by atoms with Crippen LogP contribution in [-0.2, 0) is 22.7 Å². The molecule has 0 saturated heterocycles. The average Bonchev–Trinajstić information content (AvgIpc) is 2.67. The maximum absolute atomic E-state index is 11.3. The zero-order valence-corrected chi connectivity index (χ0v) is 17.0. The largest absolute Gasteiger partial charge is 0.507 e. The first-order chi connectivity index (χ1) is 13.9. The van der Waals surface area contributed by atoms with E-state index < -0.39 is 0 Å². The average molecular weight is 411 g/mol. The predicted molar refractivity (Wildman–Crippen MR) is 111 cm³/mol. The molecule has 0 spiro atoms. The van der Waals surface area contributed by atoms with Crippen LogP contribution in [0.4, 0.5) is 5.95 Å². The van der Waals surface area contributed by atoms with Crippen LogP contribution in [0.3, 0.4) is 0 Å². The van der Waals surface area contributed by atoms with Gasteiger partial charge in [-0.1, -0.05) is 30.0 Å². The van der Waals surface area contributed by atoms with E-state index in [0.29, 0.717) is 42.1 Å². The maximum Gasteiger partial charge on any atom is 0.224 e. The number of carbonyl (C=O) groups excluding carboxylic acids is 1. The number of rotatable bonds is 5. The topological polar surface area (TPSA) is 114 Å². The molecule has 1 amide bonds. The first kappa shape index (κ1) is 19.4. The molecule has 3 aromatic rings. The minimum Gasteiger partial charge on any atom is -0.507 e. The van der Waals surface area contributed by atoms with Crippen LogP contribution in [0.15, 0.2) is 29.4 Å². The molecule has 0 fully saturated rings. The van der Waals surface area contributed by atoms with E-state index in [9.17, 15) is 9.90 Å². The molecule has 8 nitrogen and oxygen atoms in total. The van der Waals surface area contributed by atoms with Gasteiger partial charge in [-0.2, -0.15) is 9.97 Å². The Balaban J connectivity index is 1.73. The highest BCUT2D eigenvalue weighted by Crippen LogP contribution is 2.40. The van der Waals surface area contributed by atoms with Gasteiger partial charge in [-0.05, 0) is 28.0 Å². The molecular weight excluding hydrogens is 390 g/mol. The lowest BCUT2D eigenvalue weighted by Crippen LogP contribution is -2.26. The Bertz CT molecular complexity index is 1110. The number of aromatic nitrogens is 3. The van der Waals surface area contributed by atoms with Crippen molar-refractivity contribution in [3.63, 3.8) is 0 Å². The molecule has 0 bridgehead atoms. The number of carbonyl (C=O) groups is 1. The van der Waals surface area contributed by atoms with Crippen LogP contribution in [-0.4, -0.2) is 50.2 Å². The summed E-state index contributed by atoms with van der Waals surface area (Å²) in [6.07, 6.45) is 0. The maximum atomic E-state index is 11.3. The molecule has 1 aliphatic heterocycles. The summed E-state index contributed by atoms with van der Waals surface area (Å²) in [6, 6.07) is 7.59. The lowest BCUT2D eigenvalue weighted by atomic mass is 9.93. The monoisotopic (exact) mass is 411 g/mol. The Morgan fingerprint density at radius 1 is 1.28 bits per heavy atom. The number of benzene rings is 2. The number of hydrogen-bond donors (Lipinski definition) is 2. The van der Waals surface area contributed by atoms with Crippen molar-refractivity contribution in [1.29, 1.82) is 0 Å². The summed E-state index contributed by atoms with van der Waals surface area (Å²) in [5.41, 5.74) is 8.46. The van der Waals surface area contributed by atoms with Gasteiger partial charge in [0.2, 0.25) is 11.9 Å². The molecule has 0 unspecified atom stereocenters. The molecule has 3 N–H and O–H groups in total. The van der Waals surface area contributed by atoms with E-state index in [-0.39, 0.29) is 17.6 Å². The van der Waals surface area contributed by atoms with Gasteiger partial charge in [-0.3, -0.25) is 4.79 Å². The van der Waals surface area contributed by atoms with Gasteiger partial charge in [0.05, 0.1) is 18.8 Å². The summed E-state index contributed by atoms with van der Waals surface area (Å²) < 4.78 is 5.60. The van der Waals surface area contributed by atoms with E-state index in [1.807, 2.05) is 18.2 Å². The quantitative estimate of drug-likeness (QED) is 0.616. The summed E-state index contributed by atoms with van der Waals surface area (Å²) in [5, 5.41) is 13.1. The minimum absolute atomic E-state index is 0.000782. The van der Waals surface area contributed by atoms with Gasteiger partial charge in [0.1, 0.15) is 5.75 Å². The molecule has 1 aliphatic rings. The molecule has 2 aromatic carbocycles. The van der Waals surface area contributed by atoms with Crippen molar-refractivity contribution in [3.8, 4) is 17.1 Å². The summed E-state index contributed by atoms with van der Waals surface area (Å²) in [5.74, 6) is 1.10. The number of hydrogen-bond acceptors (Lipinski definition) is 8. The zero-order valence-electron chi connectivity index (χ0n) is 16.2. The van der Waals surface area contributed by atoms with Gasteiger partial charge in [0.25, 0.3) is 0 Å². The number of ether oxygens (including phenoxy) is 1. The predicted octanol–water partition coefficient (Wildman–Crippen LogP) is 2.58. The fourth-order valence-electron chi connectivity index (χ4n) is 3.35. The van der Waals surface area contributed by atoms with Crippen LogP contribution >= 0.6 is 11.8 Å². The van der Waals surface area contributed by atoms with Gasteiger partial charge < -0.3 is 20.5 Å². The van der Waals surface area contributed by atoms with Crippen molar-refractivity contribution in [2.45, 2.75) is 25.3 Å². The Morgan fingerprint density at radius 3 is 2.86 bits per heavy atom. The van der Waals surface area contributed by atoms with E-state index in [0.717, 1.165) is 21.9 Å². The lowest BCUT2D eigenvalue weighted by molar-refractivity contribution is -0.127. The number of phenolic OH excluding ortho intramolecular Hbond substituents is 1. The van der Waals surface area contributed by atoms with E-state index in [2.05, 4.69) is 15.0 Å². The second-order valence-corrected chi connectivity index (χ2v) is 7.91. The van der Waals surface area contributed by atoms with Crippen molar-refractivity contribution in [1.82, 2.24) is 19.9 Å². The molecule has 9 heteroatoms. The second-order valence-electron chi connectivity index (χ2n) is 6.85. The van der Waals surface area contributed by atoms with Crippen molar-refractivity contribution in [3.05, 3.63) is 35.4 Å². The molecule has 29 heavy (non-hydrogen) atoms. The second kappa shape index (κ2) is 7.84. The number of amides is 1.